The fourth-order valence-electron chi connectivity index (χ4n) is 7.80. The second-order valence-electron chi connectivity index (χ2n) is 15.5. The summed E-state index contributed by atoms with van der Waals surface area (Å²) in [6.45, 7) is 24.8. The van der Waals surface area contributed by atoms with E-state index in [0.717, 1.165) is 109 Å². The van der Waals surface area contributed by atoms with Gasteiger partial charge in [-0.05, 0) is 126 Å². The Balaban J connectivity index is 0.000000376. The minimum Gasteiger partial charge on any atom is -1.00 e. The molecule has 2 saturated heterocycles. The molecule has 0 radical (unpaired) electrons. The molecule has 0 spiro atoms. The minimum atomic E-state index is -1.49. The molecule has 0 bridgehead atoms. The zero-order chi connectivity index (χ0) is 37.2. The summed E-state index contributed by atoms with van der Waals surface area (Å²) in [5.41, 5.74) is 2.81. The number of ketones is 2. The number of hydrogen-bond acceptors (Lipinski definition) is 7. The van der Waals surface area contributed by atoms with Crippen molar-refractivity contribution in [2.75, 3.05) is 26.4 Å². The number of ether oxygens (including phenoxy) is 4. The van der Waals surface area contributed by atoms with Crippen LogP contribution in [0, 0.1) is 17.8 Å². The van der Waals surface area contributed by atoms with E-state index in [9.17, 15) is 9.59 Å². The van der Waals surface area contributed by atoms with E-state index in [4.69, 9.17) is 23.4 Å². The summed E-state index contributed by atoms with van der Waals surface area (Å²) in [6, 6.07) is 0. The molecule has 1 saturated carbocycles. The Bertz CT molecular complexity index is 1250. The van der Waals surface area contributed by atoms with Gasteiger partial charge in [-0.3, -0.25) is 9.59 Å². The van der Waals surface area contributed by atoms with Gasteiger partial charge in [0, 0.05) is 24.7 Å². The molecule has 2 heterocycles. The molecule has 2 unspecified atom stereocenters. The first-order valence-electron chi connectivity index (χ1n) is 19.4. The molecule has 53 heavy (non-hydrogen) atoms. The van der Waals surface area contributed by atoms with E-state index >= 15 is 0 Å². The first-order valence-corrected chi connectivity index (χ1v) is 22.8. The molecule has 0 aromatic carbocycles. The third kappa shape index (κ3) is 17.7. The summed E-state index contributed by atoms with van der Waals surface area (Å²) in [5.74, 6) is 1.87. The molecule has 2 aliphatic heterocycles. The van der Waals surface area contributed by atoms with Crippen LogP contribution in [0.1, 0.15) is 109 Å². The molecule has 4 aliphatic carbocycles. The second-order valence-corrected chi connectivity index (χ2v) is 20.0. The van der Waals surface area contributed by atoms with E-state index in [1.807, 2.05) is 12.2 Å². The number of allylic oxidation sites excluding steroid dienone is 9. The second kappa shape index (κ2) is 25.9. The standard InChI is InChI=1S/C17H30O3Si.C12H16O.C8H10O.C6H11O2.BrH.Mg/c1-5-9-17(10-6-7-16-18-12-13-19-16)11-8-15(14-17)20-21(2,3)4;1-2-7-12-8-4-3-5-10(12)11(13)6-9-12;1-2-3-7-4-5-8(9)6-7;1-2-3-6-7-4-5-8-6;;/h5,14,16H,1,6-13H2,2-4H3;2,5H,1,3-4,6-9H2;2,6H,1,3-5H2;6H,1-5H2;1H;/q;;;-1;;+2/p-1. The molecule has 10 heteroatoms. The molecular formula is C43H67BrMgO7Si. The number of hydrogen-bond donors (Lipinski definition) is 0. The van der Waals surface area contributed by atoms with Crippen LogP contribution in [0.5, 0.6) is 0 Å². The maximum atomic E-state index is 11.6. The van der Waals surface area contributed by atoms with Crippen molar-refractivity contribution in [3.63, 3.8) is 0 Å². The number of carbonyl (C=O) groups excluding carboxylic acids is 2. The Morgan fingerprint density at radius 1 is 0.868 bits per heavy atom. The van der Waals surface area contributed by atoms with Crippen LogP contribution < -0.4 is 17.0 Å². The monoisotopic (exact) mass is 826 g/mol. The molecule has 0 aromatic rings. The van der Waals surface area contributed by atoms with Crippen LogP contribution in [0.4, 0.5) is 0 Å². The predicted molar refractivity (Wildman–Crippen MR) is 215 cm³/mol. The van der Waals surface area contributed by atoms with E-state index < -0.39 is 8.32 Å². The van der Waals surface area contributed by atoms with Crippen LogP contribution >= 0.6 is 0 Å². The zero-order valence-corrected chi connectivity index (χ0v) is 37.2. The largest absolute Gasteiger partial charge is 2.00 e. The molecule has 0 N–H and O–H groups in total. The van der Waals surface area contributed by atoms with Gasteiger partial charge in [-0.25, -0.2) is 0 Å². The maximum absolute atomic E-state index is 11.6. The van der Waals surface area contributed by atoms with Crippen molar-refractivity contribution in [2.24, 2.45) is 10.8 Å². The molecular weight excluding hydrogens is 761 g/mol. The number of halogens is 1. The van der Waals surface area contributed by atoms with Crippen LogP contribution in [-0.4, -0.2) is 81.9 Å². The van der Waals surface area contributed by atoms with Gasteiger partial charge in [-0.2, -0.15) is 6.42 Å². The van der Waals surface area contributed by atoms with Crippen LogP contribution in [0.15, 0.2) is 73.1 Å². The number of fused-ring (bicyclic) bond motifs is 1. The van der Waals surface area contributed by atoms with Gasteiger partial charge in [0.2, 0.25) is 8.32 Å². The van der Waals surface area contributed by atoms with Crippen molar-refractivity contribution in [2.45, 2.75) is 141 Å². The summed E-state index contributed by atoms with van der Waals surface area (Å²) in [6.07, 6.45) is 29.5. The van der Waals surface area contributed by atoms with Crippen molar-refractivity contribution < 1.29 is 49.9 Å². The van der Waals surface area contributed by atoms with E-state index in [1.165, 1.54) is 37.0 Å². The molecule has 6 aliphatic rings. The predicted octanol–water partition coefficient (Wildman–Crippen LogP) is 7.09. The Morgan fingerprint density at radius 3 is 2.06 bits per heavy atom. The average Bonchev–Trinajstić information content (AvgIpc) is 3.94. The molecule has 6 rings (SSSR count). The first-order chi connectivity index (χ1) is 24.5. The van der Waals surface area contributed by atoms with Crippen molar-refractivity contribution >= 4 is 42.9 Å². The Labute approximate surface area is 349 Å². The van der Waals surface area contributed by atoms with E-state index in [-0.39, 0.29) is 69.2 Å². The normalized spacial score (nSPS) is 25.0. The van der Waals surface area contributed by atoms with Crippen LogP contribution in [0.3, 0.4) is 0 Å². The Hall–Kier alpha value is -1.12. The number of carbonyl (C=O) groups is 2. The summed E-state index contributed by atoms with van der Waals surface area (Å²) in [4.78, 5) is 22.2. The molecule has 2 atom stereocenters. The topological polar surface area (TPSA) is 80.3 Å². The fourth-order valence-corrected chi connectivity index (χ4v) is 8.75. The first kappa shape index (κ1) is 49.9. The van der Waals surface area contributed by atoms with Gasteiger partial charge in [0.15, 0.2) is 24.1 Å². The SMILES string of the molecule is C=CCC1(CCCC2OCCO2)C=C(O[Si](C)(C)C)CC1.C=CCC12CCCC=C1C(=O)CC2.C=CCC1=CC(=O)CC1.[Br-].[CH2-]CCC1OCCO1.[Mg+2]. The molecule has 294 valence electrons. The molecule has 7 nitrogen and oxygen atoms in total. The van der Waals surface area contributed by atoms with E-state index in [1.54, 1.807) is 6.08 Å². The average molecular weight is 828 g/mol. The maximum Gasteiger partial charge on any atom is 2.00 e. The van der Waals surface area contributed by atoms with Crippen molar-refractivity contribution in [3.05, 3.63) is 80.0 Å². The van der Waals surface area contributed by atoms with Crippen molar-refractivity contribution in [3.8, 4) is 0 Å². The van der Waals surface area contributed by atoms with Crippen molar-refractivity contribution in [1.29, 1.82) is 0 Å². The van der Waals surface area contributed by atoms with Crippen LogP contribution in [0.2, 0.25) is 19.6 Å². The van der Waals surface area contributed by atoms with Crippen LogP contribution in [0.25, 0.3) is 0 Å². The fraction of sp³-hybridized carbons (Fsp3) is 0.651. The summed E-state index contributed by atoms with van der Waals surface area (Å²) in [5, 5.41) is 0. The Morgan fingerprint density at radius 2 is 1.51 bits per heavy atom. The molecule has 0 aromatic heterocycles. The van der Waals surface area contributed by atoms with Gasteiger partial charge in [0.1, 0.15) is 0 Å². The number of rotatable bonds is 14. The smallest absolute Gasteiger partial charge is 1.00 e. The quantitative estimate of drug-likeness (QED) is 0.105. The van der Waals surface area contributed by atoms with Crippen molar-refractivity contribution in [1.82, 2.24) is 0 Å². The van der Waals surface area contributed by atoms with Crippen LogP contribution in [-0.2, 0) is 33.0 Å². The molecule has 0 amide bonds. The summed E-state index contributed by atoms with van der Waals surface area (Å²) < 4.78 is 27.5. The number of Topliss-reactive ketones (excluding diaryl/α,β-unsaturated/α-hetero) is 1. The minimum absolute atomic E-state index is 0. The van der Waals surface area contributed by atoms with Gasteiger partial charge in [0.25, 0.3) is 0 Å². The van der Waals surface area contributed by atoms with E-state index in [2.05, 4.69) is 64.5 Å². The Kier molecular flexibility index (Phi) is 24.4. The van der Waals surface area contributed by atoms with Gasteiger partial charge in [-0.15, -0.1) is 19.7 Å². The van der Waals surface area contributed by atoms with Gasteiger partial charge in [-0.1, -0.05) is 29.9 Å². The zero-order valence-electron chi connectivity index (χ0n) is 33.2. The third-order valence-electron chi connectivity index (χ3n) is 10.2. The summed E-state index contributed by atoms with van der Waals surface area (Å²) in [7, 11) is -1.49. The molecule has 3 fully saturated rings. The third-order valence-corrected chi connectivity index (χ3v) is 11.0. The summed E-state index contributed by atoms with van der Waals surface area (Å²) >= 11 is 0. The van der Waals surface area contributed by atoms with Gasteiger partial charge in [0.05, 0.1) is 32.2 Å². The van der Waals surface area contributed by atoms with E-state index in [0.29, 0.717) is 12.2 Å². The van der Waals surface area contributed by atoms with Gasteiger partial charge >= 0.3 is 23.1 Å². The van der Waals surface area contributed by atoms with Gasteiger partial charge < -0.3 is 47.3 Å².